The van der Waals surface area contributed by atoms with Gasteiger partial charge in [-0.2, -0.15) is 0 Å². The number of esters is 1. The summed E-state index contributed by atoms with van der Waals surface area (Å²) in [5, 5.41) is 0. The normalized spacial score (nSPS) is 11.9. The lowest BCUT2D eigenvalue weighted by atomic mass is 10.0. The molecule has 0 amide bonds. The zero-order valence-corrected chi connectivity index (χ0v) is 13.4. The minimum Gasteiger partial charge on any atom is -0.479 e. The number of rotatable bonds is 5. The van der Waals surface area contributed by atoms with Crippen molar-refractivity contribution in [3.05, 3.63) is 52.6 Å². The fourth-order valence-corrected chi connectivity index (χ4v) is 2.41. The number of ether oxygens (including phenoxy) is 2. The van der Waals surface area contributed by atoms with Gasteiger partial charge < -0.3 is 14.5 Å². The van der Waals surface area contributed by atoms with E-state index in [1.165, 1.54) is 25.3 Å². The topological polar surface area (TPSA) is 68.4 Å². The molecule has 6 heteroatoms. The van der Waals surface area contributed by atoms with E-state index in [-0.39, 0.29) is 17.2 Å². The van der Waals surface area contributed by atoms with Gasteiger partial charge in [-0.1, -0.05) is 12.1 Å². The number of benzene rings is 1. The third kappa shape index (κ3) is 3.26. The summed E-state index contributed by atoms with van der Waals surface area (Å²) in [4.78, 5) is 27.1. The molecule has 122 valence electrons. The molecule has 1 atom stereocenters. The van der Waals surface area contributed by atoms with E-state index in [0.29, 0.717) is 16.8 Å². The van der Waals surface area contributed by atoms with Crippen LogP contribution in [0.2, 0.25) is 0 Å². The second kappa shape index (κ2) is 6.64. The van der Waals surface area contributed by atoms with E-state index in [9.17, 15) is 14.0 Å². The van der Waals surface area contributed by atoms with Crippen molar-refractivity contribution in [2.45, 2.75) is 26.9 Å². The summed E-state index contributed by atoms with van der Waals surface area (Å²) in [6.45, 7) is 4.87. The molecule has 1 heterocycles. The van der Waals surface area contributed by atoms with Gasteiger partial charge in [-0.05, 0) is 38.5 Å². The van der Waals surface area contributed by atoms with Crippen LogP contribution >= 0.6 is 0 Å². The number of methoxy groups -OCH3 is 1. The van der Waals surface area contributed by atoms with Gasteiger partial charge in [0, 0.05) is 11.3 Å². The molecule has 5 nitrogen and oxygen atoms in total. The average Bonchev–Trinajstić information content (AvgIpc) is 2.82. The van der Waals surface area contributed by atoms with E-state index < -0.39 is 17.9 Å². The molecule has 0 fully saturated rings. The molecule has 1 aromatic carbocycles. The lowest BCUT2D eigenvalue weighted by molar-refractivity contribution is 0.0594. The zero-order chi connectivity index (χ0) is 17.1. The SMILES string of the molecule is COC(=O)c1[nH]c(C)c(C(=O)[C@@H](C)Oc2ccccc2F)c1C. The third-order valence-corrected chi connectivity index (χ3v) is 3.58. The lowest BCUT2D eigenvalue weighted by Gasteiger charge is -2.14. The summed E-state index contributed by atoms with van der Waals surface area (Å²) >= 11 is 0. The smallest absolute Gasteiger partial charge is 0.354 e. The molecule has 0 radical (unpaired) electrons. The molecule has 0 bridgehead atoms. The number of nitrogens with one attached hydrogen (secondary N) is 1. The van der Waals surface area contributed by atoms with E-state index in [1.54, 1.807) is 26.8 Å². The van der Waals surface area contributed by atoms with Crippen molar-refractivity contribution in [1.82, 2.24) is 4.98 Å². The van der Waals surface area contributed by atoms with Gasteiger partial charge in [0.1, 0.15) is 5.69 Å². The molecule has 2 rings (SSSR count). The average molecular weight is 319 g/mol. The molecule has 0 saturated carbocycles. The van der Waals surface area contributed by atoms with Crippen LogP contribution in [0.25, 0.3) is 0 Å². The fraction of sp³-hybridized carbons (Fsp3) is 0.294. The first-order valence-corrected chi connectivity index (χ1v) is 7.09. The Morgan fingerprint density at radius 2 is 1.87 bits per heavy atom. The van der Waals surface area contributed by atoms with Gasteiger partial charge in [0.2, 0.25) is 5.78 Å². The molecular formula is C17H18FNO4. The van der Waals surface area contributed by atoms with Gasteiger partial charge in [-0.25, -0.2) is 9.18 Å². The minimum atomic E-state index is -0.898. The number of aryl methyl sites for hydroxylation is 1. The highest BCUT2D eigenvalue weighted by Crippen LogP contribution is 2.23. The van der Waals surface area contributed by atoms with Crippen molar-refractivity contribution >= 4 is 11.8 Å². The number of hydrogen-bond donors (Lipinski definition) is 1. The molecule has 23 heavy (non-hydrogen) atoms. The molecule has 2 aromatic rings. The number of ketones is 1. The number of hydrogen-bond acceptors (Lipinski definition) is 4. The zero-order valence-electron chi connectivity index (χ0n) is 13.4. The number of aromatic amines is 1. The second-order valence-electron chi connectivity index (χ2n) is 5.17. The highest BCUT2D eigenvalue weighted by atomic mass is 19.1. The predicted octanol–water partition coefficient (Wildman–Crippen LogP) is 3.21. The highest BCUT2D eigenvalue weighted by molar-refractivity contribution is 6.04. The maximum Gasteiger partial charge on any atom is 0.354 e. The summed E-state index contributed by atoms with van der Waals surface area (Å²) in [5.74, 6) is -1.42. The number of para-hydroxylation sites is 1. The van der Waals surface area contributed by atoms with E-state index in [4.69, 9.17) is 4.74 Å². The van der Waals surface area contributed by atoms with Crippen LogP contribution in [0.1, 0.15) is 39.0 Å². The van der Waals surface area contributed by atoms with Crippen LogP contribution in [0.15, 0.2) is 24.3 Å². The Kier molecular flexibility index (Phi) is 4.83. The molecule has 1 N–H and O–H groups in total. The van der Waals surface area contributed by atoms with Crippen molar-refractivity contribution in [1.29, 1.82) is 0 Å². The fourth-order valence-electron chi connectivity index (χ4n) is 2.41. The summed E-state index contributed by atoms with van der Waals surface area (Å²) < 4.78 is 23.7. The van der Waals surface area contributed by atoms with Crippen LogP contribution in [-0.4, -0.2) is 30.0 Å². The number of carbonyl (C=O) groups excluding carboxylic acids is 2. The first-order chi connectivity index (χ1) is 10.9. The van der Waals surface area contributed by atoms with Gasteiger partial charge in [-0.15, -0.1) is 0 Å². The first-order valence-electron chi connectivity index (χ1n) is 7.09. The number of H-pyrrole nitrogens is 1. The number of Topliss-reactive ketones (excluding diaryl/α,β-unsaturated/α-hetero) is 1. The molecule has 0 aliphatic rings. The Morgan fingerprint density at radius 1 is 1.22 bits per heavy atom. The van der Waals surface area contributed by atoms with E-state index in [2.05, 4.69) is 9.72 Å². The number of aromatic nitrogens is 1. The van der Waals surface area contributed by atoms with Crippen molar-refractivity contribution < 1.29 is 23.5 Å². The molecule has 0 aliphatic carbocycles. The van der Waals surface area contributed by atoms with Gasteiger partial charge in [-0.3, -0.25) is 4.79 Å². The van der Waals surface area contributed by atoms with Crippen LogP contribution in [0.5, 0.6) is 5.75 Å². The number of carbonyl (C=O) groups is 2. The predicted molar refractivity (Wildman–Crippen MR) is 82.4 cm³/mol. The highest BCUT2D eigenvalue weighted by Gasteiger charge is 2.27. The van der Waals surface area contributed by atoms with Crippen molar-refractivity contribution in [3.63, 3.8) is 0 Å². The van der Waals surface area contributed by atoms with E-state index >= 15 is 0 Å². The molecule has 0 saturated heterocycles. The van der Waals surface area contributed by atoms with Crippen molar-refractivity contribution in [2.24, 2.45) is 0 Å². The Hall–Kier alpha value is -2.63. The van der Waals surface area contributed by atoms with Crippen LogP contribution in [-0.2, 0) is 4.74 Å². The summed E-state index contributed by atoms with van der Waals surface area (Å²) in [6.07, 6.45) is -0.898. The largest absolute Gasteiger partial charge is 0.479 e. The molecule has 0 spiro atoms. The maximum atomic E-state index is 13.6. The van der Waals surface area contributed by atoms with Crippen LogP contribution in [0.4, 0.5) is 4.39 Å². The Balaban J connectivity index is 2.28. The Bertz CT molecular complexity index is 751. The van der Waals surface area contributed by atoms with E-state index in [0.717, 1.165) is 0 Å². The molecule has 0 aliphatic heterocycles. The molecule has 1 aromatic heterocycles. The minimum absolute atomic E-state index is 0.00684. The lowest BCUT2D eigenvalue weighted by Crippen LogP contribution is -2.25. The molecular weight excluding hydrogens is 301 g/mol. The van der Waals surface area contributed by atoms with Gasteiger partial charge in [0.15, 0.2) is 17.7 Å². The van der Waals surface area contributed by atoms with Gasteiger partial charge >= 0.3 is 5.97 Å². The number of halogens is 1. The van der Waals surface area contributed by atoms with Gasteiger partial charge in [0.05, 0.1) is 7.11 Å². The van der Waals surface area contributed by atoms with Crippen LogP contribution < -0.4 is 4.74 Å². The Morgan fingerprint density at radius 3 is 2.48 bits per heavy atom. The Labute approximate surface area is 133 Å². The standard InChI is InChI=1S/C17H18FNO4/c1-9-14(10(2)19-15(9)17(21)22-4)16(20)11(3)23-13-8-6-5-7-12(13)18/h5-8,11,19H,1-4H3/t11-/m1/s1. The second-order valence-corrected chi connectivity index (χ2v) is 5.17. The quantitative estimate of drug-likeness (QED) is 0.679. The van der Waals surface area contributed by atoms with Gasteiger partial charge in [0.25, 0.3) is 0 Å². The summed E-state index contributed by atoms with van der Waals surface area (Å²) in [6, 6.07) is 5.88. The maximum absolute atomic E-state index is 13.6. The van der Waals surface area contributed by atoms with E-state index in [1.807, 2.05) is 0 Å². The molecule has 0 unspecified atom stereocenters. The first kappa shape index (κ1) is 16.7. The summed E-state index contributed by atoms with van der Waals surface area (Å²) in [5.41, 5.74) is 1.61. The van der Waals surface area contributed by atoms with Crippen molar-refractivity contribution in [3.8, 4) is 5.75 Å². The van der Waals surface area contributed by atoms with Crippen molar-refractivity contribution in [2.75, 3.05) is 7.11 Å². The third-order valence-electron chi connectivity index (χ3n) is 3.58. The van der Waals surface area contributed by atoms with Crippen LogP contribution in [0, 0.1) is 19.7 Å². The van der Waals surface area contributed by atoms with Crippen LogP contribution in [0.3, 0.4) is 0 Å². The monoisotopic (exact) mass is 319 g/mol. The summed E-state index contributed by atoms with van der Waals surface area (Å²) in [7, 11) is 1.27.